The van der Waals surface area contributed by atoms with Gasteiger partial charge in [0.15, 0.2) is 0 Å². The molecule has 0 aromatic heterocycles. The van der Waals surface area contributed by atoms with Crippen LogP contribution in [0.1, 0.15) is 31.2 Å². The Labute approximate surface area is 108 Å². The molecule has 2 saturated carbocycles. The topological polar surface area (TPSA) is 61.8 Å². The van der Waals surface area contributed by atoms with Crippen molar-refractivity contribution in [3.63, 3.8) is 0 Å². The van der Waals surface area contributed by atoms with Crippen LogP contribution in [0.4, 0.5) is 11.4 Å². The van der Waals surface area contributed by atoms with Crippen molar-refractivity contribution in [1.82, 2.24) is 0 Å². The molecule has 1 aromatic carbocycles. The average Bonchev–Trinajstić information content (AvgIpc) is 3.24. The van der Waals surface area contributed by atoms with E-state index in [9.17, 15) is 0 Å². The zero-order chi connectivity index (χ0) is 12.6. The third-order valence-electron chi connectivity index (χ3n) is 4.39. The van der Waals surface area contributed by atoms with E-state index in [4.69, 9.17) is 11.0 Å². The second kappa shape index (κ2) is 4.20. The minimum atomic E-state index is 0.384. The zero-order valence-electron chi connectivity index (χ0n) is 10.6. The Morgan fingerprint density at radius 1 is 1.39 bits per heavy atom. The van der Waals surface area contributed by atoms with Gasteiger partial charge in [-0.15, -0.1) is 0 Å². The van der Waals surface area contributed by atoms with E-state index in [1.807, 2.05) is 18.2 Å². The summed E-state index contributed by atoms with van der Waals surface area (Å²) in [5.74, 6) is 0.970. The van der Waals surface area contributed by atoms with E-state index in [0.717, 1.165) is 23.7 Å². The van der Waals surface area contributed by atoms with Crippen LogP contribution in [0, 0.1) is 22.7 Å². The first-order chi connectivity index (χ1) is 8.73. The quantitative estimate of drug-likeness (QED) is 0.779. The highest BCUT2D eigenvalue weighted by Crippen LogP contribution is 2.61. The van der Waals surface area contributed by atoms with E-state index >= 15 is 0 Å². The fourth-order valence-electron chi connectivity index (χ4n) is 2.82. The number of anilines is 2. The van der Waals surface area contributed by atoms with Crippen LogP contribution in [0.3, 0.4) is 0 Å². The highest BCUT2D eigenvalue weighted by Gasteiger charge is 2.53. The second-order valence-electron chi connectivity index (χ2n) is 5.74. The predicted molar refractivity (Wildman–Crippen MR) is 73.1 cm³/mol. The molecule has 2 fully saturated rings. The molecule has 0 amide bonds. The van der Waals surface area contributed by atoms with Crippen LogP contribution in [-0.4, -0.2) is 6.54 Å². The maximum Gasteiger partial charge on any atom is 0.0670 e. The lowest BCUT2D eigenvalue weighted by Gasteiger charge is -2.16. The Balaban J connectivity index is 1.65. The van der Waals surface area contributed by atoms with Crippen LogP contribution in [0.2, 0.25) is 0 Å². The number of nitrogens with one attached hydrogen (secondary N) is 1. The fourth-order valence-corrected chi connectivity index (χ4v) is 2.82. The monoisotopic (exact) mass is 241 g/mol. The minimum Gasteiger partial charge on any atom is -0.398 e. The summed E-state index contributed by atoms with van der Waals surface area (Å²) in [5.41, 5.74) is 9.18. The molecule has 0 atom stereocenters. The van der Waals surface area contributed by atoms with Crippen LogP contribution >= 0.6 is 0 Å². The number of hydrogen-bond donors (Lipinski definition) is 2. The number of nitrogen functional groups attached to an aromatic ring is 1. The van der Waals surface area contributed by atoms with Crippen molar-refractivity contribution < 1.29 is 0 Å². The lowest BCUT2D eigenvalue weighted by Crippen LogP contribution is -2.17. The smallest absolute Gasteiger partial charge is 0.0670 e. The van der Waals surface area contributed by atoms with Gasteiger partial charge in [-0.3, -0.25) is 0 Å². The third-order valence-corrected chi connectivity index (χ3v) is 4.39. The minimum absolute atomic E-state index is 0.384. The highest BCUT2D eigenvalue weighted by atomic mass is 14.9. The molecule has 3 N–H and O–H groups in total. The molecule has 2 aliphatic carbocycles. The van der Waals surface area contributed by atoms with E-state index < -0.39 is 0 Å². The van der Waals surface area contributed by atoms with Crippen molar-refractivity contribution >= 4 is 11.4 Å². The molecular formula is C15H19N3. The molecule has 0 spiro atoms. The average molecular weight is 241 g/mol. The molecule has 0 aliphatic heterocycles. The fraction of sp³-hybridized carbons (Fsp3) is 0.533. The maximum atomic E-state index is 8.76. The zero-order valence-corrected chi connectivity index (χ0v) is 10.6. The standard InChI is InChI=1S/C15H19N3/c16-8-5-11-9-13(3-4-14(11)17)18-10-15(6-7-15)12-1-2-12/h3-4,9,12,18H,1-2,5-7,10,17H2. The van der Waals surface area contributed by atoms with Crippen molar-refractivity contribution in [3.8, 4) is 6.07 Å². The van der Waals surface area contributed by atoms with E-state index in [1.165, 1.54) is 25.7 Å². The molecule has 0 heterocycles. The number of nitriles is 1. The van der Waals surface area contributed by atoms with E-state index in [0.29, 0.717) is 17.5 Å². The molecule has 1 aromatic rings. The van der Waals surface area contributed by atoms with Gasteiger partial charge >= 0.3 is 0 Å². The van der Waals surface area contributed by atoms with Crippen molar-refractivity contribution in [1.29, 1.82) is 5.26 Å². The summed E-state index contributed by atoms with van der Waals surface area (Å²) in [6, 6.07) is 8.08. The van der Waals surface area contributed by atoms with Gasteiger partial charge in [0.05, 0.1) is 12.5 Å². The predicted octanol–water partition coefficient (Wildman–Crippen LogP) is 2.94. The molecule has 3 rings (SSSR count). The van der Waals surface area contributed by atoms with Gasteiger partial charge in [0, 0.05) is 17.9 Å². The van der Waals surface area contributed by atoms with Gasteiger partial charge in [-0.2, -0.15) is 5.26 Å². The molecule has 3 heteroatoms. The number of rotatable bonds is 5. The summed E-state index contributed by atoms with van der Waals surface area (Å²) in [7, 11) is 0. The summed E-state index contributed by atoms with van der Waals surface area (Å²) in [6.07, 6.45) is 5.98. The molecule has 0 unspecified atom stereocenters. The van der Waals surface area contributed by atoms with Gasteiger partial charge in [0.1, 0.15) is 0 Å². The van der Waals surface area contributed by atoms with Crippen LogP contribution < -0.4 is 11.1 Å². The largest absolute Gasteiger partial charge is 0.398 e. The summed E-state index contributed by atoms with van der Waals surface area (Å²) >= 11 is 0. The number of hydrogen-bond acceptors (Lipinski definition) is 3. The van der Waals surface area contributed by atoms with Gasteiger partial charge < -0.3 is 11.1 Å². The van der Waals surface area contributed by atoms with Crippen LogP contribution in [0.5, 0.6) is 0 Å². The molecule has 0 radical (unpaired) electrons. The van der Waals surface area contributed by atoms with Gasteiger partial charge in [0.2, 0.25) is 0 Å². The Morgan fingerprint density at radius 3 is 2.78 bits per heavy atom. The molecule has 18 heavy (non-hydrogen) atoms. The van der Waals surface area contributed by atoms with Crippen LogP contribution in [0.15, 0.2) is 18.2 Å². The van der Waals surface area contributed by atoms with Crippen LogP contribution in [-0.2, 0) is 6.42 Å². The molecule has 94 valence electrons. The second-order valence-corrected chi connectivity index (χ2v) is 5.74. The lowest BCUT2D eigenvalue weighted by molar-refractivity contribution is 0.467. The normalized spacial score (nSPS) is 20.2. The first-order valence-corrected chi connectivity index (χ1v) is 6.73. The van der Waals surface area contributed by atoms with Gasteiger partial charge in [-0.25, -0.2) is 0 Å². The molecular weight excluding hydrogens is 222 g/mol. The SMILES string of the molecule is N#CCc1cc(NCC2(C3CC3)CC2)ccc1N. The Bertz CT molecular complexity index is 493. The van der Waals surface area contributed by atoms with Crippen molar-refractivity contribution in [3.05, 3.63) is 23.8 Å². The van der Waals surface area contributed by atoms with Crippen molar-refractivity contribution in [2.45, 2.75) is 32.1 Å². The number of benzene rings is 1. The Morgan fingerprint density at radius 2 is 2.17 bits per heavy atom. The van der Waals surface area contributed by atoms with E-state index in [1.54, 1.807) is 0 Å². The number of nitrogens with two attached hydrogens (primary N) is 1. The maximum absolute atomic E-state index is 8.76. The summed E-state index contributed by atoms with van der Waals surface area (Å²) < 4.78 is 0. The highest BCUT2D eigenvalue weighted by molar-refractivity contribution is 5.58. The summed E-state index contributed by atoms with van der Waals surface area (Å²) in [4.78, 5) is 0. The number of nitrogens with zero attached hydrogens (tertiary/aromatic N) is 1. The third kappa shape index (κ3) is 2.15. The van der Waals surface area contributed by atoms with Crippen molar-refractivity contribution in [2.24, 2.45) is 11.3 Å². The molecule has 0 saturated heterocycles. The first kappa shape index (κ1) is 11.4. The lowest BCUT2D eigenvalue weighted by atomic mass is 10.0. The van der Waals surface area contributed by atoms with Crippen LogP contribution in [0.25, 0.3) is 0 Å². The summed E-state index contributed by atoms with van der Waals surface area (Å²) in [6.45, 7) is 1.08. The molecule has 3 nitrogen and oxygen atoms in total. The first-order valence-electron chi connectivity index (χ1n) is 6.73. The van der Waals surface area contributed by atoms with Gasteiger partial charge in [0.25, 0.3) is 0 Å². The Kier molecular flexibility index (Phi) is 2.66. The summed E-state index contributed by atoms with van der Waals surface area (Å²) in [5, 5.41) is 12.3. The molecule has 0 bridgehead atoms. The van der Waals surface area contributed by atoms with E-state index in [2.05, 4.69) is 11.4 Å². The van der Waals surface area contributed by atoms with Gasteiger partial charge in [-0.1, -0.05) is 0 Å². The Hall–Kier alpha value is -1.69. The molecule has 2 aliphatic rings. The van der Waals surface area contributed by atoms with Gasteiger partial charge in [-0.05, 0) is 60.8 Å². The van der Waals surface area contributed by atoms with Crippen molar-refractivity contribution in [2.75, 3.05) is 17.6 Å². The van der Waals surface area contributed by atoms with E-state index in [-0.39, 0.29) is 0 Å².